The van der Waals surface area contributed by atoms with Gasteiger partial charge in [-0.15, -0.1) is 0 Å². The molecule has 0 radical (unpaired) electrons. The van der Waals surface area contributed by atoms with Crippen molar-refractivity contribution in [3.63, 3.8) is 0 Å². The van der Waals surface area contributed by atoms with Crippen LogP contribution in [0, 0.1) is 5.92 Å². The zero-order chi connectivity index (χ0) is 12.1. The van der Waals surface area contributed by atoms with Crippen molar-refractivity contribution in [3.8, 4) is 0 Å². The molecule has 0 heterocycles. The maximum Gasteiger partial charge on any atom is 0.223 e. The molecule has 0 bridgehead atoms. The van der Waals surface area contributed by atoms with Gasteiger partial charge in [0.1, 0.15) is 0 Å². The molecule has 0 aromatic heterocycles. The molecule has 0 spiro atoms. The first-order valence-electron chi connectivity index (χ1n) is 7.31. The van der Waals surface area contributed by atoms with Gasteiger partial charge in [0.05, 0.1) is 0 Å². The number of nitrogens with two attached hydrogens (primary N) is 1. The molecule has 2 aliphatic rings. The lowest BCUT2D eigenvalue weighted by Crippen LogP contribution is -2.36. The summed E-state index contributed by atoms with van der Waals surface area (Å²) in [6, 6.07) is 0.553. The van der Waals surface area contributed by atoms with Crippen LogP contribution in [0.5, 0.6) is 0 Å². The number of carbonyl (C=O) groups excluding carboxylic acids is 1. The Morgan fingerprint density at radius 1 is 1.12 bits per heavy atom. The lowest BCUT2D eigenvalue weighted by molar-refractivity contribution is -0.133. The third-order valence-electron chi connectivity index (χ3n) is 4.10. The monoisotopic (exact) mass is 238 g/mol. The standard InChI is InChI=1S/C14H26N2O/c15-9-4-10-16(13-7-8-13)14(17)11-12-5-2-1-3-6-12/h12-13H,1-11,15H2. The predicted octanol–water partition coefficient (Wildman–Crippen LogP) is 2.30. The van der Waals surface area contributed by atoms with Gasteiger partial charge >= 0.3 is 0 Å². The third kappa shape index (κ3) is 3.98. The van der Waals surface area contributed by atoms with Crippen molar-refractivity contribution in [3.05, 3.63) is 0 Å². The molecule has 3 nitrogen and oxygen atoms in total. The molecule has 0 saturated heterocycles. The Kier molecular flexibility index (Phi) is 4.84. The summed E-state index contributed by atoms with van der Waals surface area (Å²) in [6.45, 7) is 1.58. The second-order valence-electron chi connectivity index (χ2n) is 5.67. The quantitative estimate of drug-likeness (QED) is 0.771. The van der Waals surface area contributed by atoms with Crippen LogP contribution in [-0.4, -0.2) is 29.9 Å². The summed E-state index contributed by atoms with van der Waals surface area (Å²) in [5.41, 5.74) is 5.54. The molecule has 98 valence electrons. The number of nitrogens with zero attached hydrogens (tertiary/aromatic N) is 1. The van der Waals surface area contributed by atoms with Gasteiger partial charge in [-0.05, 0) is 44.6 Å². The molecule has 0 aliphatic heterocycles. The molecule has 0 aromatic rings. The van der Waals surface area contributed by atoms with Crippen LogP contribution in [0.3, 0.4) is 0 Å². The van der Waals surface area contributed by atoms with Gasteiger partial charge in [0.2, 0.25) is 5.91 Å². The summed E-state index contributed by atoms with van der Waals surface area (Å²) >= 11 is 0. The summed E-state index contributed by atoms with van der Waals surface area (Å²) in [4.78, 5) is 14.4. The topological polar surface area (TPSA) is 46.3 Å². The number of amides is 1. The van der Waals surface area contributed by atoms with Crippen molar-refractivity contribution in [2.24, 2.45) is 11.7 Å². The van der Waals surface area contributed by atoms with E-state index in [1.54, 1.807) is 0 Å². The van der Waals surface area contributed by atoms with Gasteiger partial charge in [0, 0.05) is 19.0 Å². The molecule has 17 heavy (non-hydrogen) atoms. The average Bonchev–Trinajstić information content (AvgIpc) is 3.15. The van der Waals surface area contributed by atoms with Gasteiger partial charge in [-0.25, -0.2) is 0 Å². The van der Waals surface area contributed by atoms with Gasteiger partial charge in [0.15, 0.2) is 0 Å². The largest absolute Gasteiger partial charge is 0.340 e. The van der Waals surface area contributed by atoms with E-state index in [-0.39, 0.29) is 0 Å². The molecule has 2 N–H and O–H groups in total. The molecular weight excluding hydrogens is 212 g/mol. The van der Waals surface area contributed by atoms with Crippen LogP contribution in [0.2, 0.25) is 0 Å². The van der Waals surface area contributed by atoms with Crippen LogP contribution >= 0.6 is 0 Å². The normalized spacial score (nSPS) is 21.5. The molecule has 2 aliphatic carbocycles. The molecular formula is C14H26N2O. The van der Waals surface area contributed by atoms with Crippen LogP contribution in [-0.2, 0) is 4.79 Å². The fourth-order valence-electron chi connectivity index (χ4n) is 2.91. The van der Waals surface area contributed by atoms with Crippen molar-refractivity contribution in [1.29, 1.82) is 0 Å². The van der Waals surface area contributed by atoms with E-state index in [1.807, 2.05) is 0 Å². The average molecular weight is 238 g/mol. The minimum absolute atomic E-state index is 0.396. The van der Waals surface area contributed by atoms with E-state index in [1.165, 1.54) is 44.9 Å². The highest BCUT2D eigenvalue weighted by molar-refractivity contribution is 5.77. The first-order chi connectivity index (χ1) is 8.31. The Morgan fingerprint density at radius 3 is 2.41 bits per heavy atom. The van der Waals surface area contributed by atoms with Crippen molar-refractivity contribution < 1.29 is 4.79 Å². The van der Waals surface area contributed by atoms with Gasteiger partial charge in [0.25, 0.3) is 0 Å². The van der Waals surface area contributed by atoms with E-state index in [9.17, 15) is 4.79 Å². The Balaban J connectivity index is 1.78. The second kappa shape index (κ2) is 6.39. The maximum atomic E-state index is 12.3. The van der Waals surface area contributed by atoms with E-state index < -0.39 is 0 Å². The fourth-order valence-corrected chi connectivity index (χ4v) is 2.91. The van der Waals surface area contributed by atoms with Crippen LogP contribution < -0.4 is 5.73 Å². The summed E-state index contributed by atoms with van der Waals surface area (Å²) in [5.74, 6) is 1.06. The van der Waals surface area contributed by atoms with Crippen LogP contribution in [0.15, 0.2) is 0 Å². The number of rotatable bonds is 6. The summed E-state index contributed by atoms with van der Waals surface area (Å²) in [7, 11) is 0. The van der Waals surface area contributed by atoms with E-state index >= 15 is 0 Å². The van der Waals surface area contributed by atoms with Crippen LogP contribution in [0.1, 0.15) is 57.8 Å². The number of carbonyl (C=O) groups is 1. The number of hydrogen-bond donors (Lipinski definition) is 1. The molecule has 3 heteroatoms. The van der Waals surface area contributed by atoms with E-state index in [2.05, 4.69) is 4.90 Å². The van der Waals surface area contributed by atoms with E-state index in [0.717, 1.165) is 19.4 Å². The molecule has 2 rings (SSSR count). The number of hydrogen-bond acceptors (Lipinski definition) is 2. The first-order valence-corrected chi connectivity index (χ1v) is 7.31. The van der Waals surface area contributed by atoms with Crippen LogP contribution in [0.25, 0.3) is 0 Å². The SMILES string of the molecule is NCCCN(C(=O)CC1CCCCC1)C1CC1. The minimum Gasteiger partial charge on any atom is -0.340 e. The molecule has 2 fully saturated rings. The zero-order valence-corrected chi connectivity index (χ0v) is 10.9. The van der Waals surface area contributed by atoms with Gasteiger partial charge in [-0.3, -0.25) is 4.79 Å². The lowest BCUT2D eigenvalue weighted by Gasteiger charge is -2.27. The van der Waals surface area contributed by atoms with Gasteiger partial charge < -0.3 is 10.6 Å². The first kappa shape index (κ1) is 12.9. The Morgan fingerprint density at radius 2 is 1.82 bits per heavy atom. The second-order valence-corrected chi connectivity index (χ2v) is 5.67. The highest BCUT2D eigenvalue weighted by Gasteiger charge is 2.32. The smallest absolute Gasteiger partial charge is 0.223 e. The summed E-state index contributed by atoms with van der Waals surface area (Å²) < 4.78 is 0. The predicted molar refractivity (Wildman–Crippen MR) is 69.6 cm³/mol. The van der Waals surface area contributed by atoms with Crippen molar-refractivity contribution >= 4 is 5.91 Å². The molecule has 1 amide bonds. The van der Waals surface area contributed by atoms with Crippen molar-refractivity contribution in [2.75, 3.05) is 13.1 Å². The van der Waals surface area contributed by atoms with Crippen molar-refractivity contribution in [2.45, 2.75) is 63.8 Å². The Labute approximate surface area is 105 Å². The highest BCUT2D eigenvalue weighted by atomic mass is 16.2. The zero-order valence-electron chi connectivity index (χ0n) is 10.9. The van der Waals surface area contributed by atoms with Gasteiger partial charge in [-0.1, -0.05) is 19.3 Å². The Hall–Kier alpha value is -0.570. The minimum atomic E-state index is 0.396. The fraction of sp³-hybridized carbons (Fsp3) is 0.929. The molecule has 0 unspecified atom stereocenters. The van der Waals surface area contributed by atoms with Crippen molar-refractivity contribution in [1.82, 2.24) is 4.90 Å². The van der Waals surface area contributed by atoms with Crippen LogP contribution in [0.4, 0.5) is 0 Å². The molecule has 0 aromatic carbocycles. The highest BCUT2D eigenvalue weighted by Crippen LogP contribution is 2.31. The van der Waals surface area contributed by atoms with E-state index in [0.29, 0.717) is 24.4 Å². The maximum absolute atomic E-state index is 12.3. The summed E-state index contributed by atoms with van der Waals surface area (Å²) in [6.07, 6.45) is 10.7. The lowest BCUT2D eigenvalue weighted by atomic mass is 9.86. The molecule has 2 saturated carbocycles. The Bertz CT molecular complexity index is 245. The molecule has 0 atom stereocenters. The third-order valence-corrected chi connectivity index (χ3v) is 4.10. The van der Waals surface area contributed by atoms with Gasteiger partial charge in [-0.2, -0.15) is 0 Å². The van der Waals surface area contributed by atoms with E-state index in [4.69, 9.17) is 5.73 Å². The summed E-state index contributed by atoms with van der Waals surface area (Å²) in [5, 5.41) is 0.